The first-order valence-corrected chi connectivity index (χ1v) is 11.2. The average molecular weight is 437 g/mol. The third kappa shape index (κ3) is 2.55. The monoisotopic (exact) mass is 436 g/mol. The van der Waals surface area contributed by atoms with Crippen molar-refractivity contribution in [3.8, 4) is 0 Å². The molecule has 7 nitrogen and oxygen atoms in total. The molecule has 2 saturated carbocycles. The second kappa shape index (κ2) is 6.73. The molecule has 8 atom stereocenters. The van der Waals surface area contributed by atoms with Crippen LogP contribution in [0.3, 0.4) is 0 Å². The molecule has 0 bridgehead atoms. The Labute approximate surface area is 184 Å². The van der Waals surface area contributed by atoms with Gasteiger partial charge in [-0.25, -0.2) is 0 Å². The number of ether oxygens (including phenoxy) is 1. The molecule has 0 saturated heterocycles. The van der Waals surface area contributed by atoms with E-state index in [2.05, 4.69) is 0 Å². The Hall–Kier alpha value is -1.54. The summed E-state index contributed by atoms with van der Waals surface area (Å²) < 4.78 is 5.94. The number of aliphatic hydroxyl groups excluding tert-OH is 2. The topological polar surface area (TPSA) is 124 Å². The summed E-state index contributed by atoms with van der Waals surface area (Å²) in [4.78, 5) is 25.4. The van der Waals surface area contributed by atoms with Crippen molar-refractivity contribution in [2.75, 3.05) is 6.61 Å². The molecule has 1 unspecified atom stereocenters. The second-order valence-electron chi connectivity index (χ2n) is 10.6. The molecule has 0 amide bonds. The van der Waals surface area contributed by atoms with E-state index in [4.69, 9.17) is 4.74 Å². The number of Topliss-reactive ketones (excluding diaryl/α,β-unsaturated/α-hetero) is 1. The zero-order valence-corrected chi connectivity index (χ0v) is 18.9. The third-order valence-electron chi connectivity index (χ3n) is 8.73. The zero-order chi connectivity index (χ0) is 23.1. The highest BCUT2D eigenvalue weighted by Crippen LogP contribution is 2.76. The second-order valence-corrected chi connectivity index (χ2v) is 10.6. The summed E-state index contributed by atoms with van der Waals surface area (Å²) >= 11 is 0. The number of fused-ring (bicyclic) bond motifs is 5. The lowest BCUT2D eigenvalue weighted by molar-refractivity contribution is -0.219. The van der Waals surface area contributed by atoms with Gasteiger partial charge in [0.1, 0.15) is 11.2 Å². The van der Waals surface area contributed by atoms with Crippen LogP contribution in [0.2, 0.25) is 0 Å². The van der Waals surface area contributed by atoms with Gasteiger partial charge in [0.15, 0.2) is 5.78 Å². The maximum atomic E-state index is 12.9. The van der Waals surface area contributed by atoms with Crippen LogP contribution in [-0.2, 0) is 14.3 Å². The first-order chi connectivity index (χ1) is 14.3. The van der Waals surface area contributed by atoms with Gasteiger partial charge in [0.05, 0.1) is 18.3 Å². The first-order valence-electron chi connectivity index (χ1n) is 11.2. The van der Waals surface area contributed by atoms with Crippen LogP contribution in [0.5, 0.6) is 0 Å². The summed E-state index contributed by atoms with van der Waals surface area (Å²) in [6.07, 6.45) is 2.95. The van der Waals surface area contributed by atoms with Gasteiger partial charge in [-0.05, 0) is 24.5 Å². The first kappa shape index (κ1) is 22.6. The van der Waals surface area contributed by atoms with E-state index < -0.39 is 63.7 Å². The molecule has 7 heteroatoms. The van der Waals surface area contributed by atoms with E-state index in [1.165, 1.54) is 0 Å². The number of aliphatic hydroxyl groups is 4. The van der Waals surface area contributed by atoms with E-state index in [0.29, 0.717) is 17.6 Å². The van der Waals surface area contributed by atoms with Crippen molar-refractivity contribution in [2.45, 2.75) is 76.8 Å². The summed E-state index contributed by atoms with van der Waals surface area (Å²) in [5.41, 5.74) is -4.52. The van der Waals surface area contributed by atoms with Crippen LogP contribution < -0.4 is 0 Å². The number of hydrogen-bond donors (Lipinski definition) is 4. The Kier molecular flexibility index (Phi) is 4.92. The highest BCUT2D eigenvalue weighted by Gasteiger charge is 2.86. The van der Waals surface area contributed by atoms with Crippen LogP contribution >= 0.6 is 0 Å². The molecule has 31 heavy (non-hydrogen) atoms. The van der Waals surface area contributed by atoms with Gasteiger partial charge in [0.2, 0.25) is 0 Å². The minimum Gasteiger partial charge on any atom is -0.455 e. The molecule has 174 valence electrons. The lowest BCUT2D eigenvalue weighted by Gasteiger charge is -2.52. The molecule has 0 aromatic rings. The summed E-state index contributed by atoms with van der Waals surface area (Å²) in [5, 5.41) is 45.1. The SMILES string of the molecule is CCCC(=O)O[C@@]12[C@H](O)[C@@H](C)[C@]3(O)C4C=C(C)C(=O)[C@@]4(O)CC(CO)=C[C@H]3[C@@H]1C2(C)C.[HH]. The van der Waals surface area contributed by atoms with Gasteiger partial charge in [-0.3, -0.25) is 9.59 Å². The van der Waals surface area contributed by atoms with Gasteiger partial charge < -0.3 is 25.2 Å². The van der Waals surface area contributed by atoms with Crippen molar-refractivity contribution < 1.29 is 36.2 Å². The fraction of sp³-hybridized carbons (Fsp3) is 0.750. The zero-order valence-electron chi connectivity index (χ0n) is 18.9. The molecule has 4 rings (SSSR count). The molecule has 0 aromatic heterocycles. The van der Waals surface area contributed by atoms with Crippen LogP contribution in [0.4, 0.5) is 0 Å². The van der Waals surface area contributed by atoms with Crippen molar-refractivity contribution >= 4 is 11.8 Å². The van der Waals surface area contributed by atoms with Crippen molar-refractivity contribution in [1.82, 2.24) is 0 Å². The Balaban J connectivity index is 0.00000289. The maximum Gasteiger partial charge on any atom is 0.306 e. The maximum absolute atomic E-state index is 12.9. The minimum atomic E-state index is -1.88. The number of carbonyl (C=O) groups is 2. The standard InChI is InChI=1S/C24H34O7.H2/c1-6-7-17(26)31-24-18(21(24,4)5)15-9-14(11-25)10-22(29)16(8-12(2)19(22)27)23(15,30)13(3)20(24)28;/h8-9,13,15-16,18,20,25,28-30H,6-7,10-11H2,1-5H3;1H/t13-,15+,16?,18-,20-,22-,23-,24-;/m1./s1. The van der Waals surface area contributed by atoms with E-state index >= 15 is 0 Å². The average Bonchev–Trinajstić information content (AvgIpc) is 3.13. The molecule has 0 spiro atoms. The lowest BCUT2D eigenvalue weighted by atomic mass is 9.59. The number of carbonyl (C=O) groups excluding carboxylic acids is 2. The van der Waals surface area contributed by atoms with Crippen LogP contribution in [0, 0.1) is 29.1 Å². The summed E-state index contributed by atoms with van der Waals surface area (Å²) in [6.45, 7) is 8.62. The molecular weight excluding hydrogens is 400 g/mol. The predicted molar refractivity (Wildman–Crippen MR) is 114 cm³/mol. The van der Waals surface area contributed by atoms with E-state index in [9.17, 15) is 30.0 Å². The summed E-state index contributed by atoms with van der Waals surface area (Å²) in [5.74, 6) is -3.64. The van der Waals surface area contributed by atoms with E-state index in [1.54, 1.807) is 26.0 Å². The summed E-state index contributed by atoms with van der Waals surface area (Å²) in [6, 6.07) is 0. The highest BCUT2D eigenvalue weighted by molar-refractivity contribution is 6.04. The largest absolute Gasteiger partial charge is 0.455 e. The molecule has 2 fully saturated rings. The van der Waals surface area contributed by atoms with E-state index in [-0.39, 0.29) is 20.9 Å². The molecule has 4 aliphatic carbocycles. The highest BCUT2D eigenvalue weighted by atomic mass is 16.6. The van der Waals surface area contributed by atoms with Crippen LogP contribution in [0.15, 0.2) is 23.3 Å². The Morgan fingerprint density at radius 3 is 2.52 bits per heavy atom. The van der Waals surface area contributed by atoms with E-state index in [1.807, 2.05) is 20.8 Å². The van der Waals surface area contributed by atoms with Crippen molar-refractivity contribution in [2.24, 2.45) is 29.1 Å². The lowest BCUT2D eigenvalue weighted by Crippen LogP contribution is -2.65. The van der Waals surface area contributed by atoms with Crippen LogP contribution in [0.25, 0.3) is 0 Å². The fourth-order valence-electron chi connectivity index (χ4n) is 7.11. The Morgan fingerprint density at radius 2 is 1.94 bits per heavy atom. The number of esters is 1. The van der Waals surface area contributed by atoms with Crippen LogP contribution in [0.1, 0.15) is 55.3 Å². The summed E-state index contributed by atoms with van der Waals surface area (Å²) in [7, 11) is 0. The molecule has 0 aliphatic heterocycles. The molecule has 4 aliphatic rings. The predicted octanol–water partition coefficient (Wildman–Crippen LogP) is 1.53. The van der Waals surface area contributed by atoms with Crippen molar-refractivity contribution in [3.63, 3.8) is 0 Å². The quantitative estimate of drug-likeness (QED) is 0.389. The van der Waals surface area contributed by atoms with E-state index in [0.717, 1.165) is 0 Å². The Bertz CT molecular complexity index is 895. The third-order valence-corrected chi connectivity index (χ3v) is 8.73. The molecule has 0 radical (unpaired) electrons. The molecule has 0 heterocycles. The minimum absolute atomic E-state index is 0. The smallest absolute Gasteiger partial charge is 0.306 e. The van der Waals surface area contributed by atoms with Gasteiger partial charge >= 0.3 is 5.97 Å². The van der Waals surface area contributed by atoms with Crippen LogP contribution in [-0.4, -0.2) is 61.7 Å². The number of ketones is 1. The van der Waals surface area contributed by atoms with Gasteiger partial charge in [-0.1, -0.05) is 39.8 Å². The molecule has 0 aromatic carbocycles. The molecule has 4 N–H and O–H groups in total. The normalized spacial score (nSPS) is 47.4. The van der Waals surface area contributed by atoms with Gasteiger partial charge in [-0.2, -0.15) is 0 Å². The Morgan fingerprint density at radius 1 is 1.29 bits per heavy atom. The van der Waals surface area contributed by atoms with Gasteiger partial charge in [0, 0.05) is 43.4 Å². The fourth-order valence-corrected chi connectivity index (χ4v) is 7.11. The van der Waals surface area contributed by atoms with Gasteiger partial charge in [0.25, 0.3) is 0 Å². The van der Waals surface area contributed by atoms with Crippen molar-refractivity contribution in [3.05, 3.63) is 23.3 Å². The molecular formula is C24H36O7. The van der Waals surface area contributed by atoms with Crippen molar-refractivity contribution in [1.29, 1.82) is 0 Å². The number of rotatable bonds is 4. The number of hydrogen-bond acceptors (Lipinski definition) is 7. The van der Waals surface area contributed by atoms with Gasteiger partial charge in [-0.15, -0.1) is 0 Å².